The van der Waals surface area contributed by atoms with Crippen LogP contribution in [0.15, 0.2) is 0 Å². The van der Waals surface area contributed by atoms with Crippen molar-refractivity contribution in [2.24, 2.45) is 0 Å². The van der Waals surface area contributed by atoms with Gasteiger partial charge in [0.05, 0.1) is 17.3 Å². The maximum absolute atomic E-state index is 10.8. The minimum absolute atomic E-state index is 0.00150. The molecule has 0 aromatic rings. The molecule has 1 heterocycles. The molecule has 1 saturated heterocycles. The minimum Gasteiger partial charge on any atom is -0.463 e. The number of aliphatic hydroxyl groups is 2. The SMILES string of the molecule is CC(=O)OC[C@H]1OC(C)(C)[C@H](O)CC[C@]1(C)O. The molecule has 0 bridgehead atoms. The van der Waals surface area contributed by atoms with Crippen LogP contribution in [-0.4, -0.2) is 46.2 Å². The Bertz CT molecular complexity index is 285. The summed E-state index contributed by atoms with van der Waals surface area (Å²) < 4.78 is 10.6. The summed E-state index contributed by atoms with van der Waals surface area (Å²) >= 11 is 0. The van der Waals surface area contributed by atoms with Crippen LogP contribution < -0.4 is 0 Å². The fraction of sp³-hybridized carbons (Fsp3) is 0.917. The second-order valence-corrected chi connectivity index (χ2v) is 5.42. The molecule has 1 aliphatic heterocycles. The summed E-state index contributed by atoms with van der Waals surface area (Å²) in [5.74, 6) is -0.410. The van der Waals surface area contributed by atoms with Crippen molar-refractivity contribution in [2.75, 3.05) is 6.61 Å². The molecule has 0 spiro atoms. The Labute approximate surface area is 102 Å². The zero-order chi connectivity index (χ0) is 13.3. The molecule has 0 amide bonds. The van der Waals surface area contributed by atoms with Gasteiger partial charge in [-0.3, -0.25) is 4.79 Å². The van der Waals surface area contributed by atoms with E-state index in [0.29, 0.717) is 12.8 Å². The van der Waals surface area contributed by atoms with Gasteiger partial charge in [0, 0.05) is 6.92 Å². The highest BCUT2D eigenvalue weighted by atomic mass is 16.6. The summed E-state index contributed by atoms with van der Waals surface area (Å²) in [7, 11) is 0. The number of hydrogen-bond acceptors (Lipinski definition) is 5. The quantitative estimate of drug-likeness (QED) is 0.698. The lowest BCUT2D eigenvalue weighted by Gasteiger charge is -2.35. The van der Waals surface area contributed by atoms with E-state index in [9.17, 15) is 15.0 Å². The van der Waals surface area contributed by atoms with Gasteiger partial charge >= 0.3 is 5.97 Å². The maximum Gasteiger partial charge on any atom is 0.302 e. The molecule has 3 atom stereocenters. The van der Waals surface area contributed by atoms with Crippen molar-refractivity contribution in [3.63, 3.8) is 0 Å². The van der Waals surface area contributed by atoms with E-state index in [4.69, 9.17) is 9.47 Å². The normalized spacial score (nSPS) is 37.3. The topological polar surface area (TPSA) is 76.0 Å². The molecular formula is C12H22O5. The summed E-state index contributed by atoms with van der Waals surface area (Å²) in [4.78, 5) is 10.8. The van der Waals surface area contributed by atoms with Crippen LogP contribution in [0.4, 0.5) is 0 Å². The third-order valence-electron chi connectivity index (χ3n) is 3.30. The molecule has 1 aliphatic rings. The molecule has 5 nitrogen and oxygen atoms in total. The summed E-state index contributed by atoms with van der Waals surface area (Å²) in [6, 6.07) is 0. The van der Waals surface area contributed by atoms with Crippen LogP contribution in [0.3, 0.4) is 0 Å². The minimum atomic E-state index is -1.11. The van der Waals surface area contributed by atoms with E-state index < -0.39 is 29.4 Å². The van der Waals surface area contributed by atoms with Crippen molar-refractivity contribution in [3.8, 4) is 0 Å². The first-order valence-electron chi connectivity index (χ1n) is 5.87. The van der Waals surface area contributed by atoms with Crippen molar-refractivity contribution in [2.45, 2.75) is 63.9 Å². The van der Waals surface area contributed by atoms with Crippen molar-refractivity contribution in [3.05, 3.63) is 0 Å². The largest absolute Gasteiger partial charge is 0.463 e. The van der Waals surface area contributed by atoms with Crippen molar-refractivity contribution in [1.29, 1.82) is 0 Å². The molecule has 0 radical (unpaired) electrons. The van der Waals surface area contributed by atoms with Crippen LogP contribution in [0.1, 0.15) is 40.5 Å². The second-order valence-electron chi connectivity index (χ2n) is 5.42. The van der Waals surface area contributed by atoms with E-state index in [-0.39, 0.29) is 6.61 Å². The summed E-state index contributed by atoms with van der Waals surface area (Å²) in [6.07, 6.45) is -0.407. The molecule has 0 saturated carbocycles. The number of ether oxygens (including phenoxy) is 2. The number of rotatable bonds is 2. The van der Waals surface area contributed by atoms with Crippen molar-refractivity contribution in [1.82, 2.24) is 0 Å². The van der Waals surface area contributed by atoms with Crippen LogP contribution in [0.2, 0.25) is 0 Å². The van der Waals surface area contributed by atoms with Gasteiger partial charge < -0.3 is 19.7 Å². The molecule has 1 fully saturated rings. The highest BCUT2D eigenvalue weighted by Gasteiger charge is 2.44. The van der Waals surface area contributed by atoms with E-state index in [1.54, 1.807) is 20.8 Å². The Kier molecular flexibility index (Phi) is 4.17. The standard InChI is InChI=1S/C12H22O5/c1-8(13)16-7-10-12(4,15)6-5-9(14)11(2,3)17-10/h9-10,14-15H,5-7H2,1-4H3/t9-,10-,12+/m1/s1. The Morgan fingerprint density at radius 3 is 2.59 bits per heavy atom. The molecule has 0 aromatic carbocycles. The number of carbonyl (C=O) groups is 1. The van der Waals surface area contributed by atoms with Gasteiger partial charge in [-0.25, -0.2) is 0 Å². The molecule has 5 heteroatoms. The van der Waals surface area contributed by atoms with Crippen LogP contribution in [0.25, 0.3) is 0 Å². The van der Waals surface area contributed by atoms with E-state index in [2.05, 4.69) is 0 Å². The van der Waals surface area contributed by atoms with Gasteiger partial charge in [0.2, 0.25) is 0 Å². The van der Waals surface area contributed by atoms with Crippen LogP contribution in [0, 0.1) is 0 Å². The summed E-state index contributed by atoms with van der Waals surface area (Å²) in [5.41, 5.74) is -1.87. The first-order chi connectivity index (χ1) is 7.65. The number of carbonyl (C=O) groups excluding carboxylic acids is 1. The van der Waals surface area contributed by atoms with Gasteiger partial charge in [0.15, 0.2) is 0 Å². The van der Waals surface area contributed by atoms with E-state index in [0.717, 1.165) is 0 Å². The number of hydrogen-bond donors (Lipinski definition) is 2. The van der Waals surface area contributed by atoms with Gasteiger partial charge in [0.1, 0.15) is 12.7 Å². The molecule has 1 rings (SSSR count). The fourth-order valence-corrected chi connectivity index (χ4v) is 1.92. The van der Waals surface area contributed by atoms with Crippen LogP contribution in [0.5, 0.6) is 0 Å². The third-order valence-corrected chi connectivity index (χ3v) is 3.30. The predicted molar refractivity (Wildman–Crippen MR) is 61.4 cm³/mol. The zero-order valence-corrected chi connectivity index (χ0v) is 10.9. The molecule has 0 unspecified atom stereocenters. The van der Waals surface area contributed by atoms with E-state index in [1.165, 1.54) is 6.92 Å². The van der Waals surface area contributed by atoms with Crippen LogP contribution in [-0.2, 0) is 14.3 Å². The fourth-order valence-electron chi connectivity index (χ4n) is 1.92. The number of aliphatic hydroxyl groups excluding tert-OH is 1. The molecular weight excluding hydrogens is 224 g/mol. The highest BCUT2D eigenvalue weighted by Crippen LogP contribution is 2.33. The van der Waals surface area contributed by atoms with Gasteiger partial charge in [-0.1, -0.05) is 0 Å². The smallest absolute Gasteiger partial charge is 0.302 e. The maximum atomic E-state index is 10.8. The lowest BCUT2D eigenvalue weighted by atomic mass is 9.92. The first kappa shape index (κ1) is 14.4. The third kappa shape index (κ3) is 3.66. The summed E-state index contributed by atoms with van der Waals surface area (Å²) in [6.45, 7) is 6.47. The molecule has 0 aliphatic carbocycles. The highest BCUT2D eigenvalue weighted by molar-refractivity contribution is 5.65. The van der Waals surface area contributed by atoms with E-state index >= 15 is 0 Å². The van der Waals surface area contributed by atoms with Crippen LogP contribution >= 0.6 is 0 Å². The number of esters is 1. The molecule has 0 aromatic heterocycles. The summed E-state index contributed by atoms with van der Waals surface area (Å²) in [5, 5.41) is 20.2. The second kappa shape index (κ2) is 4.92. The molecule has 17 heavy (non-hydrogen) atoms. The monoisotopic (exact) mass is 246 g/mol. The Morgan fingerprint density at radius 2 is 2.06 bits per heavy atom. The lowest BCUT2D eigenvalue weighted by Crippen LogP contribution is -2.48. The van der Waals surface area contributed by atoms with Crippen molar-refractivity contribution < 1.29 is 24.5 Å². The predicted octanol–water partition coefficient (Wildman–Crippen LogP) is 0.619. The first-order valence-corrected chi connectivity index (χ1v) is 5.87. The van der Waals surface area contributed by atoms with Gasteiger partial charge in [-0.05, 0) is 33.6 Å². The van der Waals surface area contributed by atoms with Gasteiger partial charge in [0.25, 0.3) is 0 Å². The molecule has 100 valence electrons. The lowest BCUT2D eigenvalue weighted by molar-refractivity contribution is -0.189. The molecule has 2 N–H and O–H groups in total. The van der Waals surface area contributed by atoms with Crippen molar-refractivity contribution >= 4 is 5.97 Å². The average Bonchev–Trinajstić information content (AvgIpc) is 2.26. The van der Waals surface area contributed by atoms with Gasteiger partial charge in [-0.2, -0.15) is 0 Å². The van der Waals surface area contributed by atoms with Gasteiger partial charge in [-0.15, -0.1) is 0 Å². The average molecular weight is 246 g/mol. The van der Waals surface area contributed by atoms with E-state index in [1.807, 2.05) is 0 Å². The zero-order valence-electron chi connectivity index (χ0n) is 10.9. The Morgan fingerprint density at radius 1 is 1.47 bits per heavy atom. The Balaban J connectivity index is 2.79. The Hall–Kier alpha value is -0.650.